The Morgan fingerprint density at radius 2 is 1.62 bits per heavy atom. The molecule has 0 fully saturated rings. The maximum Gasteiger partial charge on any atom is 0.123 e. The van der Waals surface area contributed by atoms with Gasteiger partial charge in [-0.25, -0.2) is 4.39 Å². The molecule has 0 spiro atoms. The lowest BCUT2D eigenvalue weighted by molar-refractivity contribution is 0.466. The van der Waals surface area contributed by atoms with Crippen LogP contribution >= 0.6 is 0 Å². The minimum atomic E-state index is -0.242. The van der Waals surface area contributed by atoms with Crippen molar-refractivity contribution in [2.45, 2.75) is 12.8 Å². The number of rotatable bonds is 2. The molecule has 0 bridgehead atoms. The summed E-state index contributed by atoms with van der Waals surface area (Å²) in [6.07, 6.45) is 0. The van der Waals surface area contributed by atoms with Crippen LogP contribution < -0.4 is 0 Å². The Kier molecular flexibility index (Phi) is 2.91. The SMILES string of the molecule is CC(c1ccc(F)cc1)c1ccccc1O. The average molecular weight is 216 g/mol. The van der Waals surface area contributed by atoms with Gasteiger partial charge in [-0.1, -0.05) is 37.3 Å². The van der Waals surface area contributed by atoms with Crippen molar-refractivity contribution >= 4 is 0 Å². The summed E-state index contributed by atoms with van der Waals surface area (Å²) < 4.78 is 12.8. The molecule has 0 aliphatic rings. The highest BCUT2D eigenvalue weighted by Crippen LogP contribution is 2.30. The van der Waals surface area contributed by atoms with Crippen molar-refractivity contribution in [3.8, 4) is 5.75 Å². The normalized spacial score (nSPS) is 12.4. The molecule has 1 nitrogen and oxygen atoms in total. The van der Waals surface area contributed by atoms with Crippen molar-refractivity contribution in [2.75, 3.05) is 0 Å². The summed E-state index contributed by atoms with van der Waals surface area (Å²) >= 11 is 0. The van der Waals surface area contributed by atoms with E-state index >= 15 is 0 Å². The van der Waals surface area contributed by atoms with E-state index in [1.807, 2.05) is 19.1 Å². The molecule has 2 heteroatoms. The second-order valence-electron chi connectivity index (χ2n) is 3.83. The molecular formula is C14H13FO. The molecule has 1 N–H and O–H groups in total. The zero-order valence-electron chi connectivity index (χ0n) is 9.02. The van der Waals surface area contributed by atoms with E-state index < -0.39 is 0 Å². The zero-order valence-corrected chi connectivity index (χ0v) is 9.02. The van der Waals surface area contributed by atoms with Crippen LogP contribution in [0.3, 0.4) is 0 Å². The maximum absolute atomic E-state index is 12.8. The van der Waals surface area contributed by atoms with Gasteiger partial charge >= 0.3 is 0 Å². The van der Waals surface area contributed by atoms with E-state index in [4.69, 9.17) is 0 Å². The second-order valence-corrected chi connectivity index (χ2v) is 3.83. The van der Waals surface area contributed by atoms with Crippen molar-refractivity contribution in [1.29, 1.82) is 0 Å². The van der Waals surface area contributed by atoms with E-state index in [-0.39, 0.29) is 17.5 Å². The number of para-hydroxylation sites is 1. The van der Waals surface area contributed by atoms with Gasteiger partial charge in [0.25, 0.3) is 0 Å². The van der Waals surface area contributed by atoms with Crippen LogP contribution in [0.5, 0.6) is 5.75 Å². The van der Waals surface area contributed by atoms with Gasteiger partial charge in [0.15, 0.2) is 0 Å². The summed E-state index contributed by atoms with van der Waals surface area (Å²) in [5, 5.41) is 9.72. The summed E-state index contributed by atoms with van der Waals surface area (Å²) in [4.78, 5) is 0. The van der Waals surface area contributed by atoms with Gasteiger partial charge in [-0.05, 0) is 23.8 Å². The Hall–Kier alpha value is -1.83. The topological polar surface area (TPSA) is 20.2 Å². The van der Waals surface area contributed by atoms with Crippen molar-refractivity contribution in [3.63, 3.8) is 0 Å². The first-order valence-electron chi connectivity index (χ1n) is 5.22. The largest absolute Gasteiger partial charge is 0.508 e. The van der Waals surface area contributed by atoms with E-state index in [0.717, 1.165) is 11.1 Å². The molecule has 0 amide bonds. The van der Waals surface area contributed by atoms with Crippen molar-refractivity contribution in [2.24, 2.45) is 0 Å². The molecule has 0 aromatic heterocycles. The van der Waals surface area contributed by atoms with Gasteiger partial charge in [0.05, 0.1) is 0 Å². The highest BCUT2D eigenvalue weighted by atomic mass is 19.1. The minimum absolute atomic E-state index is 0.0572. The molecule has 0 aliphatic carbocycles. The lowest BCUT2D eigenvalue weighted by atomic mass is 9.92. The van der Waals surface area contributed by atoms with Crippen molar-refractivity contribution in [1.82, 2.24) is 0 Å². The van der Waals surface area contributed by atoms with Crippen LogP contribution in [0.25, 0.3) is 0 Å². The van der Waals surface area contributed by atoms with Gasteiger partial charge in [-0.3, -0.25) is 0 Å². The van der Waals surface area contributed by atoms with Gasteiger partial charge in [-0.2, -0.15) is 0 Å². The molecule has 0 saturated carbocycles. The molecule has 16 heavy (non-hydrogen) atoms. The lowest BCUT2D eigenvalue weighted by Crippen LogP contribution is -1.96. The van der Waals surface area contributed by atoms with Gasteiger partial charge in [-0.15, -0.1) is 0 Å². The summed E-state index contributed by atoms with van der Waals surface area (Å²) in [6, 6.07) is 13.6. The van der Waals surface area contributed by atoms with Crippen LogP contribution in [0, 0.1) is 5.82 Å². The second kappa shape index (κ2) is 4.35. The molecule has 1 unspecified atom stereocenters. The van der Waals surface area contributed by atoms with E-state index in [1.54, 1.807) is 24.3 Å². The van der Waals surface area contributed by atoms with Gasteiger partial charge in [0.2, 0.25) is 0 Å². The molecule has 0 aliphatic heterocycles. The zero-order chi connectivity index (χ0) is 11.5. The fourth-order valence-electron chi connectivity index (χ4n) is 1.78. The molecule has 1 atom stereocenters. The first-order chi connectivity index (χ1) is 7.68. The monoisotopic (exact) mass is 216 g/mol. The Balaban J connectivity index is 2.35. The fraction of sp³-hybridized carbons (Fsp3) is 0.143. The van der Waals surface area contributed by atoms with Gasteiger partial charge in [0, 0.05) is 11.5 Å². The Bertz CT molecular complexity index is 476. The summed E-state index contributed by atoms with van der Waals surface area (Å²) in [7, 11) is 0. The Morgan fingerprint density at radius 3 is 2.25 bits per heavy atom. The van der Waals surface area contributed by atoms with Crippen molar-refractivity contribution < 1.29 is 9.50 Å². The summed E-state index contributed by atoms with van der Waals surface area (Å²) in [5.41, 5.74) is 1.84. The van der Waals surface area contributed by atoms with Crippen LogP contribution in [0.2, 0.25) is 0 Å². The summed E-state index contributed by atoms with van der Waals surface area (Å²) in [5.74, 6) is 0.0920. The Morgan fingerprint density at radius 1 is 1.00 bits per heavy atom. The molecule has 2 aromatic carbocycles. The highest BCUT2D eigenvalue weighted by molar-refractivity contribution is 5.40. The maximum atomic E-state index is 12.8. The predicted octanol–water partition coefficient (Wildman–Crippen LogP) is 3.68. The predicted molar refractivity (Wildman–Crippen MR) is 62.0 cm³/mol. The smallest absolute Gasteiger partial charge is 0.123 e. The standard InChI is InChI=1S/C14H13FO/c1-10(11-6-8-12(15)9-7-11)13-4-2-3-5-14(13)16/h2-10,16H,1H3. The Labute approximate surface area is 94.2 Å². The number of aromatic hydroxyl groups is 1. The third-order valence-corrected chi connectivity index (χ3v) is 2.77. The molecule has 0 saturated heterocycles. The van der Waals surface area contributed by atoms with E-state index in [2.05, 4.69) is 0 Å². The number of hydrogen-bond acceptors (Lipinski definition) is 1. The minimum Gasteiger partial charge on any atom is -0.508 e. The van der Waals surface area contributed by atoms with Crippen LogP contribution in [-0.4, -0.2) is 5.11 Å². The highest BCUT2D eigenvalue weighted by Gasteiger charge is 2.11. The number of phenols is 1. The molecule has 0 heterocycles. The molecule has 2 aromatic rings. The molecule has 2 rings (SSSR count). The lowest BCUT2D eigenvalue weighted by Gasteiger charge is -2.13. The number of halogens is 1. The van der Waals surface area contributed by atoms with E-state index in [0.29, 0.717) is 0 Å². The van der Waals surface area contributed by atoms with Crippen LogP contribution in [0.15, 0.2) is 48.5 Å². The fourth-order valence-corrected chi connectivity index (χ4v) is 1.78. The third kappa shape index (κ3) is 2.06. The third-order valence-electron chi connectivity index (χ3n) is 2.77. The number of hydrogen-bond donors (Lipinski definition) is 1. The number of phenolic OH excluding ortho intramolecular Hbond substituents is 1. The average Bonchev–Trinajstić information content (AvgIpc) is 2.30. The summed E-state index contributed by atoms with van der Waals surface area (Å²) in [6.45, 7) is 1.99. The van der Waals surface area contributed by atoms with E-state index in [1.165, 1.54) is 12.1 Å². The van der Waals surface area contributed by atoms with Crippen LogP contribution in [0.1, 0.15) is 24.0 Å². The quantitative estimate of drug-likeness (QED) is 0.811. The molecular weight excluding hydrogens is 203 g/mol. The van der Waals surface area contributed by atoms with Crippen LogP contribution in [-0.2, 0) is 0 Å². The van der Waals surface area contributed by atoms with E-state index in [9.17, 15) is 9.50 Å². The molecule has 82 valence electrons. The molecule has 0 radical (unpaired) electrons. The first-order valence-corrected chi connectivity index (χ1v) is 5.22. The van der Waals surface area contributed by atoms with Crippen LogP contribution in [0.4, 0.5) is 4.39 Å². The van der Waals surface area contributed by atoms with Gasteiger partial charge in [0.1, 0.15) is 11.6 Å². The first kappa shape index (κ1) is 10.7. The van der Waals surface area contributed by atoms with Crippen molar-refractivity contribution in [3.05, 3.63) is 65.5 Å². The number of benzene rings is 2. The van der Waals surface area contributed by atoms with Gasteiger partial charge < -0.3 is 5.11 Å².